The SMILES string of the molecule is CC1=C(c2ccccn2)CC[C@@H]1OC(=O)C[C@H](O)C(C)(C)C(=O)[C@@H](C)[C@H](O)C(C)C. The van der Waals surface area contributed by atoms with E-state index < -0.39 is 29.5 Å². The van der Waals surface area contributed by atoms with Crippen LogP contribution in [0.2, 0.25) is 0 Å². The Balaban J connectivity index is 2.00. The average Bonchev–Trinajstić information content (AvgIpc) is 3.06. The van der Waals surface area contributed by atoms with Gasteiger partial charge in [-0.2, -0.15) is 0 Å². The summed E-state index contributed by atoms with van der Waals surface area (Å²) in [6, 6.07) is 5.72. The second-order valence-corrected chi connectivity index (χ2v) is 9.22. The molecule has 0 bridgehead atoms. The van der Waals surface area contributed by atoms with Crippen molar-refractivity contribution in [3.8, 4) is 0 Å². The Morgan fingerprint density at radius 2 is 1.90 bits per heavy atom. The summed E-state index contributed by atoms with van der Waals surface area (Å²) >= 11 is 0. The predicted molar refractivity (Wildman–Crippen MR) is 115 cm³/mol. The minimum atomic E-state index is -1.19. The van der Waals surface area contributed by atoms with Crippen molar-refractivity contribution >= 4 is 17.3 Å². The molecule has 30 heavy (non-hydrogen) atoms. The van der Waals surface area contributed by atoms with Gasteiger partial charge in [0.2, 0.25) is 0 Å². The van der Waals surface area contributed by atoms with Crippen molar-refractivity contribution in [1.82, 2.24) is 4.98 Å². The molecule has 6 heteroatoms. The van der Waals surface area contributed by atoms with Gasteiger partial charge in [-0.25, -0.2) is 0 Å². The Labute approximate surface area is 179 Å². The first-order valence-electron chi connectivity index (χ1n) is 10.7. The predicted octanol–water partition coefficient (Wildman–Crippen LogP) is 3.56. The summed E-state index contributed by atoms with van der Waals surface area (Å²) in [7, 11) is 0. The standard InChI is InChI=1S/C24H35NO5/c1-14(2)22(28)16(4)23(29)24(5,6)20(26)13-21(27)30-19-11-10-17(15(19)3)18-9-7-8-12-25-18/h7-9,12,14,16,19-20,22,26,28H,10-11,13H2,1-6H3/t16-,19-,20-,22+/m0/s1. The molecule has 0 saturated carbocycles. The topological polar surface area (TPSA) is 96.7 Å². The fourth-order valence-corrected chi connectivity index (χ4v) is 4.01. The van der Waals surface area contributed by atoms with Crippen LogP contribution in [0, 0.1) is 17.3 Å². The summed E-state index contributed by atoms with van der Waals surface area (Å²) in [6.07, 6.45) is 0.583. The number of nitrogens with zero attached hydrogens (tertiary/aromatic N) is 1. The maximum Gasteiger partial charge on any atom is 0.309 e. The molecular formula is C24H35NO5. The molecule has 0 aliphatic heterocycles. The highest BCUT2D eigenvalue weighted by Crippen LogP contribution is 2.35. The zero-order valence-corrected chi connectivity index (χ0v) is 18.9. The number of Topliss-reactive ketones (excluding diaryl/α,β-unsaturated/α-hetero) is 1. The van der Waals surface area contributed by atoms with Gasteiger partial charge in [-0.05, 0) is 49.0 Å². The van der Waals surface area contributed by atoms with E-state index in [4.69, 9.17) is 4.74 Å². The van der Waals surface area contributed by atoms with Gasteiger partial charge in [-0.15, -0.1) is 0 Å². The number of ketones is 1. The number of rotatable bonds is 9. The Hall–Kier alpha value is -2.05. The molecule has 0 fully saturated rings. The zero-order chi connectivity index (χ0) is 22.6. The third-order valence-electron chi connectivity index (χ3n) is 6.30. The monoisotopic (exact) mass is 417 g/mol. The molecule has 0 radical (unpaired) electrons. The fourth-order valence-electron chi connectivity index (χ4n) is 4.01. The number of carbonyl (C=O) groups excluding carboxylic acids is 2. The zero-order valence-electron chi connectivity index (χ0n) is 18.9. The van der Waals surface area contributed by atoms with Gasteiger partial charge in [-0.3, -0.25) is 14.6 Å². The van der Waals surface area contributed by atoms with E-state index in [1.807, 2.05) is 39.0 Å². The molecule has 1 aromatic rings. The third-order valence-corrected chi connectivity index (χ3v) is 6.30. The molecule has 1 aromatic heterocycles. The van der Waals surface area contributed by atoms with Crippen molar-refractivity contribution in [2.45, 2.75) is 79.1 Å². The van der Waals surface area contributed by atoms with Crippen molar-refractivity contribution in [2.24, 2.45) is 17.3 Å². The van der Waals surface area contributed by atoms with Crippen molar-refractivity contribution in [3.63, 3.8) is 0 Å². The highest BCUT2D eigenvalue weighted by atomic mass is 16.5. The maximum atomic E-state index is 12.8. The molecule has 0 aromatic carbocycles. The molecule has 166 valence electrons. The Bertz CT molecular complexity index is 784. The number of allylic oxidation sites excluding steroid dienone is 1. The molecule has 0 unspecified atom stereocenters. The molecule has 6 nitrogen and oxygen atoms in total. The van der Waals surface area contributed by atoms with E-state index in [1.165, 1.54) is 0 Å². The number of hydrogen-bond acceptors (Lipinski definition) is 6. The number of aliphatic hydroxyl groups is 2. The highest BCUT2D eigenvalue weighted by Gasteiger charge is 2.42. The first-order chi connectivity index (χ1) is 14.0. The van der Waals surface area contributed by atoms with E-state index >= 15 is 0 Å². The van der Waals surface area contributed by atoms with Gasteiger partial charge in [-0.1, -0.05) is 40.7 Å². The van der Waals surface area contributed by atoms with Crippen LogP contribution in [0.25, 0.3) is 5.57 Å². The molecule has 2 rings (SSSR count). The molecule has 0 amide bonds. The summed E-state index contributed by atoms with van der Waals surface area (Å²) in [6.45, 7) is 10.5. The number of ether oxygens (including phenoxy) is 1. The lowest BCUT2D eigenvalue weighted by molar-refractivity contribution is -0.154. The van der Waals surface area contributed by atoms with Gasteiger partial charge in [0.1, 0.15) is 11.9 Å². The number of carbonyl (C=O) groups is 2. The first kappa shape index (κ1) is 24.2. The van der Waals surface area contributed by atoms with Gasteiger partial charge < -0.3 is 14.9 Å². The largest absolute Gasteiger partial charge is 0.458 e. The molecule has 1 heterocycles. The minimum absolute atomic E-state index is 0.0766. The molecular weight excluding hydrogens is 382 g/mol. The maximum absolute atomic E-state index is 12.8. The number of pyridine rings is 1. The summed E-state index contributed by atoms with van der Waals surface area (Å²) < 4.78 is 5.62. The second-order valence-electron chi connectivity index (χ2n) is 9.22. The number of hydrogen-bond donors (Lipinski definition) is 2. The van der Waals surface area contributed by atoms with E-state index in [1.54, 1.807) is 27.0 Å². The van der Waals surface area contributed by atoms with Crippen molar-refractivity contribution in [2.75, 3.05) is 0 Å². The number of esters is 1. The number of aromatic nitrogens is 1. The number of aliphatic hydroxyl groups excluding tert-OH is 2. The van der Waals surface area contributed by atoms with Gasteiger partial charge in [0.15, 0.2) is 0 Å². The molecule has 0 spiro atoms. The van der Waals surface area contributed by atoms with Gasteiger partial charge in [0.25, 0.3) is 0 Å². The third kappa shape index (κ3) is 5.35. The van der Waals surface area contributed by atoms with Crippen LogP contribution in [0.4, 0.5) is 0 Å². The van der Waals surface area contributed by atoms with Crippen LogP contribution in [0.5, 0.6) is 0 Å². The van der Waals surface area contributed by atoms with E-state index in [2.05, 4.69) is 4.98 Å². The normalized spacial score (nSPS) is 20.2. The summed E-state index contributed by atoms with van der Waals surface area (Å²) in [5, 5.41) is 20.9. The minimum Gasteiger partial charge on any atom is -0.458 e. The molecule has 1 aliphatic rings. The summed E-state index contributed by atoms with van der Waals surface area (Å²) in [4.78, 5) is 29.7. The van der Waals surface area contributed by atoms with Crippen LogP contribution in [-0.4, -0.2) is 45.3 Å². The lowest BCUT2D eigenvalue weighted by Crippen LogP contribution is -2.45. The molecule has 4 atom stereocenters. The second kappa shape index (κ2) is 9.84. The van der Waals surface area contributed by atoms with Gasteiger partial charge >= 0.3 is 5.97 Å². The Morgan fingerprint density at radius 1 is 1.23 bits per heavy atom. The molecule has 2 N–H and O–H groups in total. The lowest BCUT2D eigenvalue weighted by Gasteiger charge is -2.33. The summed E-state index contributed by atoms with van der Waals surface area (Å²) in [5.41, 5.74) is 1.77. The van der Waals surface area contributed by atoms with E-state index in [0.29, 0.717) is 6.42 Å². The smallest absolute Gasteiger partial charge is 0.309 e. The Morgan fingerprint density at radius 3 is 2.47 bits per heavy atom. The van der Waals surface area contributed by atoms with E-state index in [-0.39, 0.29) is 24.2 Å². The highest BCUT2D eigenvalue weighted by molar-refractivity contribution is 5.88. The van der Waals surface area contributed by atoms with Crippen LogP contribution in [0.3, 0.4) is 0 Å². The van der Waals surface area contributed by atoms with Gasteiger partial charge in [0.05, 0.1) is 29.7 Å². The first-order valence-corrected chi connectivity index (χ1v) is 10.7. The van der Waals surface area contributed by atoms with Crippen LogP contribution >= 0.6 is 0 Å². The Kier molecular flexibility index (Phi) is 7.94. The van der Waals surface area contributed by atoms with Crippen LogP contribution < -0.4 is 0 Å². The van der Waals surface area contributed by atoms with Crippen molar-refractivity contribution < 1.29 is 24.5 Å². The van der Waals surface area contributed by atoms with Gasteiger partial charge in [0, 0.05) is 12.1 Å². The van der Waals surface area contributed by atoms with E-state index in [9.17, 15) is 19.8 Å². The quantitative estimate of drug-likeness (QED) is 0.597. The summed E-state index contributed by atoms with van der Waals surface area (Å²) in [5.74, 6) is -1.51. The van der Waals surface area contributed by atoms with Crippen molar-refractivity contribution in [1.29, 1.82) is 0 Å². The average molecular weight is 418 g/mol. The lowest BCUT2D eigenvalue weighted by atomic mass is 9.73. The van der Waals surface area contributed by atoms with Crippen LogP contribution in [-0.2, 0) is 14.3 Å². The van der Waals surface area contributed by atoms with Crippen molar-refractivity contribution in [3.05, 3.63) is 35.7 Å². The van der Waals surface area contributed by atoms with Crippen LogP contribution in [0.1, 0.15) is 66.5 Å². The van der Waals surface area contributed by atoms with Crippen LogP contribution in [0.15, 0.2) is 30.0 Å². The molecule has 0 saturated heterocycles. The fraction of sp³-hybridized carbons (Fsp3) is 0.625. The van der Waals surface area contributed by atoms with E-state index in [0.717, 1.165) is 23.3 Å². The molecule has 1 aliphatic carbocycles.